The molecule has 0 saturated carbocycles. The monoisotopic (exact) mass is 412 g/mol. The van der Waals surface area contributed by atoms with Gasteiger partial charge in [0.2, 0.25) is 0 Å². The van der Waals surface area contributed by atoms with Crippen molar-refractivity contribution in [2.45, 2.75) is 19.0 Å². The van der Waals surface area contributed by atoms with Gasteiger partial charge < -0.3 is 24.8 Å². The van der Waals surface area contributed by atoms with Gasteiger partial charge in [-0.3, -0.25) is 9.89 Å². The Kier molecular flexibility index (Phi) is 8.20. The predicted molar refractivity (Wildman–Crippen MR) is 120 cm³/mol. The van der Waals surface area contributed by atoms with E-state index in [1.165, 1.54) is 5.56 Å². The first kappa shape index (κ1) is 21.8. The lowest BCUT2D eigenvalue weighted by molar-refractivity contribution is 0.318. The van der Waals surface area contributed by atoms with Crippen LogP contribution in [0.3, 0.4) is 0 Å². The van der Waals surface area contributed by atoms with Crippen LogP contribution in [-0.2, 0) is 6.54 Å². The van der Waals surface area contributed by atoms with Gasteiger partial charge in [-0.15, -0.1) is 0 Å². The maximum absolute atomic E-state index is 5.72. The summed E-state index contributed by atoms with van der Waals surface area (Å²) in [4.78, 5) is 6.77. The van der Waals surface area contributed by atoms with E-state index in [-0.39, 0.29) is 0 Å². The standard InChI is InChI=1S/C23H32N4O3/c1-24-23(25-10-12-30-20-7-5-4-6-8-20)26-19-9-11-27(17-19)16-18-13-21(28-2)15-22(14-18)29-3/h4-8,13-15,19H,9-12,16-17H2,1-3H3,(H2,24,25,26). The van der Waals surface area contributed by atoms with E-state index >= 15 is 0 Å². The fourth-order valence-electron chi connectivity index (χ4n) is 3.55. The lowest BCUT2D eigenvalue weighted by Crippen LogP contribution is -2.45. The quantitative estimate of drug-likeness (QED) is 0.375. The van der Waals surface area contributed by atoms with Gasteiger partial charge in [-0.05, 0) is 36.2 Å². The molecule has 1 unspecified atom stereocenters. The van der Waals surface area contributed by atoms with E-state index in [2.05, 4.69) is 32.7 Å². The third-order valence-electron chi connectivity index (χ3n) is 5.06. The molecule has 7 nitrogen and oxygen atoms in total. The molecule has 2 N–H and O–H groups in total. The molecule has 1 atom stereocenters. The van der Waals surface area contributed by atoms with E-state index in [0.29, 0.717) is 19.2 Å². The van der Waals surface area contributed by atoms with Crippen molar-refractivity contribution in [2.75, 3.05) is 47.5 Å². The normalized spacial score (nSPS) is 16.9. The Labute approximate surface area is 179 Å². The molecule has 1 aliphatic rings. The SMILES string of the molecule is CN=C(NCCOc1ccccc1)NC1CCN(Cc2cc(OC)cc(OC)c2)C1. The molecule has 3 rings (SSSR count). The van der Waals surface area contributed by atoms with Gasteiger partial charge in [0.25, 0.3) is 0 Å². The molecule has 0 amide bonds. The van der Waals surface area contributed by atoms with Crippen LogP contribution in [0.2, 0.25) is 0 Å². The summed E-state index contributed by atoms with van der Waals surface area (Å²) in [6.07, 6.45) is 1.07. The minimum Gasteiger partial charge on any atom is -0.497 e. The van der Waals surface area contributed by atoms with Crippen molar-refractivity contribution < 1.29 is 14.2 Å². The van der Waals surface area contributed by atoms with Crippen molar-refractivity contribution >= 4 is 5.96 Å². The lowest BCUT2D eigenvalue weighted by Gasteiger charge is -2.19. The van der Waals surface area contributed by atoms with Crippen LogP contribution in [0.5, 0.6) is 17.2 Å². The molecule has 0 spiro atoms. The number of methoxy groups -OCH3 is 2. The third kappa shape index (κ3) is 6.56. The summed E-state index contributed by atoms with van der Waals surface area (Å²) in [6, 6.07) is 16.2. The van der Waals surface area contributed by atoms with Crippen molar-refractivity contribution in [1.29, 1.82) is 0 Å². The molecule has 162 valence electrons. The van der Waals surface area contributed by atoms with Gasteiger partial charge in [-0.25, -0.2) is 0 Å². The number of nitrogens with zero attached hydrogens (tertiary/aromatic N) is 2. The van der Waals surface area contributed by atoms with E-state index in [4.69, 9.17) is 14.2 Å². The number of hydrogen-bond donors (Lipinski definition) is 2. The average molecular weight is 413 g/mol. The van der Waals surface area contributed by atoms with Gasteiger partial charge in [0, 0.05) is 38.8 Å². The van der Waals surface area contributed by atoms with Crippen molar-refractivity contribution in [2.24, 2.45) is 4.99 Å². The van der Waals surface area contributed by atoms with Crippen molar-refractivity contribution in [3.05, 3.63) is 54.1 Å². The Morgan fingerprint density at radius 1 is 1.07 bits per heavy atom. The molecular weight excluding hydrogens is 380 g/mol. The molecule has 1 fully saturated rings. The Balaban J connectivity index is 1.42. The van der Waals surface area contributed by atoms with Crippen molar-refractivity contribution in [3.8, 4) is 17.2 Å². The van der Waals surface area contributed by atoms with E-state index in [1.807, 2.05) is 36.4 Å². The number of para-hydroxylation sites is 1. The number of ether oxygens (including phenoxy) is 3. The second-order valence-corrected chi connectivity index (χ2v) is 7.25. The van der Waals surface area contributed by atoms with Gasteiger partial charge in [-0.2, -0.15) is 0 Å². The summed E-state index contributed by atoms with van der Waals surface area (Å²) in [5, 5.41) is 6.84. The van der Waals surface area contributed by atoms with Crippen LogP contribution in [0.1, 0.15) is 12.0 Å². The molecule has 2 aromatic carbocycles. The van der Waals surface area contributed by atoms with Crippen molar-refractivity contribution in [1.82, 2.24) is 15.5 Å². The maximum atomic E-state index is 5.72. The second-order valence-electron chi connectivity index (χ2n) is 7.25. The van der Waals surface area contributed by atoms with Gasteiger partial charge in [0.1, 0.15) is 23.9 Å². The van der Waals surface area contributed by atoms with Crippen LogP contribution < -0.4 is 24.8 Å². The first-order valence-electron chi connectivity index (χ1n) is 10.3. The summed E-state index contributed by atoms with van der Waals surface area (Å²) in [7, 11) is 5.15. The average Bonchev–Trinajstić information content (AvgIpc) is 3.22. The van der Waals surface area contributed by atoms with Crippen LogP contribution >= 0.6 is 0 Å². The molecule has 0 radical (unpaired) electrons. The van der Waals surface area contributed by atoms with Gasteiger partial charge >= 0.3 is 0 Å². The molecule has 7 heteroatoms. The molecule has 0 bridgehead atoms. The smallest absolute Gasteiger partial charge is 0.191 e. The van der Waals surface area contributed by atoms with Crippen molar-refractivity contribution in [3.63, 3.8) is 0 Å². The fourth-order valence-corrected chi connectivity index (χ4v) is 3.55. The van der Waals surface area contributed by atoms with E-state index in [1.54, 1.807) is 21.3 Å². The zero-order valence-corrected chi connectivity index (χ0v) is 18.1. The fraction of sp³-hybridized carbons (Fsp3) is 0.435. The van der Waals surface area contributed by atoms with E-state index < -0.39 is 0 Å². The van der Waals surface area contributed by atoms with E-state index in [0.717, 1.165) is 49.3 Å². The maximum Gasteiger partial charge on any atom is 0.191 e. The lowest BCUT2D eigenvalue weighted by atomic mass is 10.2. The highest BCUT2D eigenvalue weighted by Gasteiger charge is 2.23. The number of benzene rings is 2. The van der Waals surface area contributed by atoms with E-state index in [9.17, 15) is 0 Å². The first-order valence-corrected chi connectivity index (χ1v) is 10.3. The number of rotatable bonds is 9. The van der Waals surface area contributed by atoms with Gasteiger partial charge in [0.15, 0.2) is 5.96 Å². The Bertz CT molecular complexity index is 791. The minimum absolute atomic E-state index is 0.360. The van der Waals surface area contributed by atoms with Crippen LogP contribution in [-0.4, -0.2) is 64.4 Å². The highest BCUT2D eigenvalue weighted by Crippen LogP contribution is 2.24. The largest absolute Gasteiger partial charge is 0.497 e. The van der Waals surface area contributed by atoms with Gasteiger partial charge in [-0.1, -0.05) is 18.2 Å². The molecular formula is C23H32N4O3. The van der Waals surface area contributed by atoms with Crippen LogP contribution in [0.15, 0.2) is 53.5 Å². The number of aliphatic imine (C=N–C) groups is 1. The Hall–Kier alpha value is -2.93. The highest BCUT2D eigenvalue weighted by molar-refractivity contribution is 5.80. The molecule has 1 heterocycles. The molecule has 2 aromatic rings. The molecule has 1 aliphatic heterocycles. The molecule has 0 aromatic heterocycles. The second kappa shape index (κ2) is 11.3. The number of hydrogen-bond acceptors (Lipinski definition) is 5. The number of nitrogens with one attached hydrogen (secondary N) is 2. The zero-order valence-electron chi connectivity index (χ0n) is 18.1. The zero-order chi connectivity index (χ0) is 21.2. The summed E-state index contributed by atoms with van der Waals surface area (Å²) in [5.41, 5.74) is 1.19. The highest BCUT2D eigenvalue weighted by atomic mass is 16.5. The topological polar surface area (TPSA) is 67.4 Å². The number of guanidine groups is 1. The summed E-state index contributed by atoms with van der Waals surface area (Å²) < 4.78 is 16.5. The summed E-state index contributed by atoms with van der Waals surface area (Å²) in [6.45, 7) is 4.13. The molecule has 30 heavy (non-hydrogen) atoms. The Morgan fingerprint density at radius 3 is 2.47 bits per heavy atom. The Morgan fingerprint density at radius 2 is 1.80 bits per heavy atom. The predicted octanol–water partition coefficient (Wildman–Crippen LogP) is 2.52. The van der Waals surface area contributed by atoms with Crippen LogP contribution in [0, 0.1) is 0 Å². The number of likely N-dealkylation sites (tertiary alicyclic amines) is 1. The first-order chi connectivity index (χ1) is 14.7. The molecule has 1 saturated heterocycles. The van der Waals surface area contributed by atoms with Crippen LogP contribution in [0.25, 0.3) is 0 Å². The summed E-state index contributed by atoms with van der Waals surface area (Å²) in [5.74, 6) is 3.32. The summed E-state index contributed by atoms with van der Waals surface area (Å²) >= 11 is 0. The van der Waals surface area contributed by atoms with Gasteiger partial charge in [0.05, 0.1) is 20.8 Å². The third-order valence-corrected chi connectivity index (χ3v) is 5.06. The van der Waals surface area contributed by atoms with Crippen LogP contribution in [0.4, 0.5) is 0 Å². The minimum atomic E-state index is 0.360. The molecule has 0 aliphatic carbocycles.